The Morgan fingerprint density at radius 3 is 2.83 bits per heavy atom. The molecule has 0 fully saturated rings. The van der Waals surface area contributed by atoms with Crippen LogP contribution in [0.3, 0.4) is 0 Å². The van der Waals surface area contributed by atoms with Crippen molar-refractivity contribution in [3.05, 3.63) is 56.5 Å². The summed E-state index contributed by atoms with van der Waals surface area (Å²) < 4.78 is 13.1. The quantitative estimate of drug-likeness (QED) is 0.665. The fraction of sp³-hybridized carbons (Fsp3) is 0.231. The molecule has 1 aromatic carbocycles. The molecule has 0 amide bonds. The minimum Gasteiger partial charge on any atom is -0.271 e. The molecule has 1 unspecified atom stereocenters. The van der Waals surface area contributed by atoms with Crippen molar-refractivity contribution in [2.45, 2.75) is 19.4 Å². The molecule has 1 atom stereocenters. The van der Waals surface area contributed by atoms with E-state index in [9.17, 15) is 4.39 Å². The molecule has 5 heteroatoms. The molecule has 1 aromatic heterocycles. The van der Waals surface area contributed by atoms with Gasteiger partial charge in [0.1, 0.15) is 5.82 Å². The van der Waals surface area contributed by atoms with Crippen LogP contribution in [-0.4, -0.2) is 0 Å². The average molecular weight is 285 g/mol. The third-order valence-electron chi connectivity index (χ3n) is 2.77. The summed E-state index contributed by atoms with van der Waals surface area (Å²) in [5, 5.41) is 2.73. The summed E-state index contributed by atoms with van der Waals surface area (Å²) in [6.45, 7) is 1.96. The Hall–Kier alpha value is -0.940. The Labute approximate surface area is 115 Å². The number of nitrogens with one attached hydrogen (secondary N) is 1. The van der Waals surface area contributed by atoms with Crippen molar-refractivity contribution in [3.8, 4) is 0 Å². The number of halogens is 2. The number of hydrogen-bond donors (Lipinski definition) is 2. The highest BCUT2D eigenvalue weighted by Gasteiger charge is 2.17. The largest absolute Gasteiger partial charge is 0.271 e. The van der Waals surface area contributed by atoms with Gasteiger partial charge < -0.3 is 0 Å². The number of thiophene rings is 1. The minimum atomic E-state index is -0.239. The van der Waals surface area contributed by atoms with E-state index in [1.54, 1.807) is 17.4 Å². The molecule has 0 bridgehead atoms. The second-order valence-corrected chi connectivity index (χ2v) is 5.44. The SMILES string of the molecule is Cc1csc(C(Cc2cccc(F)c2)NN)c1Cl. The van der Waals surface area contributed by atoms with Crippen LogP contribution in [0.25, 0.3) is 0 Å². The highest BCUT2D eigenvalue weighted by atomic mass is 35.5. The summed E-state index contributed by atoms with van der Waals surface area (Å²) >= 11 is 7.78. The molecule has 0 aliphatic rings. The molecule has 0 aliphatic carbocycles. The van der Waals surface area contributed by atoms with Gasteiger partial charge in [0.15, 0.2) is 0 Å². The van der Waals surface area contributed by atoms with Crippen molar-refractivity contribution in [2.75, 3.05) is 0 Å². The number of rotatable bonds is 4. The lowest BCUT2D eigenvalue weighted by atomic mass is 10.0. The molecule has 0 spiro atoms. The summed E-state index contributed by atoms with van der Waals surface area (Å²) in [6, 6.07) is 6.41. The van der Waals surface area contributed by atoms with E-state index < -0.39 is 0 Å². The molecule has 0 radical (unpaired) electrons. The van der Waals surface area contributed by atoms with E-state index in [2.05, 4.69) is 5.43 Å². The maximum absolute atomic E-state index is 13.1. The Morgan fingerprint density at radius 2 is 2.28 bits per heavy atom. The van der Waals surface area contributed by atoms with Gasteiger partial charge in [-0.1, -0.05) is 23.7 Å². The zero-order valence-corrected chi connectivity index (χ0v) is 11.5. The molecule has 2 aromatic rings. The number of hydrogen-bond acceptors (Lipinski definition) is 3. The first kappa shape index (κ1) is 13.5. The Balaban J connectivity index is 2.22. The highest BCUT2D eigenvalue weighted by Crippen LogP contribution is 2.33. The number of benzene rings is 1. The molecule has 18 heavy (non-hydrogen) atoms. The van der Waals surface area contributed by atoms with Gasteiger partial charge in [-0.05, 0) is 42.0 Å². The zero-order chi connectivity index (χ0) is 13.1. The summed E-state index contributed by atoms with van der Waals surface area (Å²) in [7, 11) is 0. The fourth-order valence-corrected chi connectivity index (χ4v) is 3.20. The molecule has 2 rings (SSSR count). The zero-order valence-electron chi connectivity index (χ0n) is 9.91. The summed E-state index contributed by atoms with van der Waals surface area (Å²) in [5.41, 5.74) is 4.67. The second-order valence-electron chi connectivity index (χ2n) is 4.15. The van der Waals surface area contributed by atoms with Crippen LogP contribution in [0.2, 0.25) is 5.02 Å². The van der Waals surface area contributed by atoms with Crippen molar-refractivity contribution in [1.82, 2.24) is 5.43 Å². The summed E-state index contributed by atoms with van der Waals surface area (Å²) in [4.78, 5) is 0.987. The van der Waals surface area contributed by atoms with Crippen molar-refractivity contribution in [2.24, 2.45) is 5.84 Å². The number of nitrogens with two attached hydrogens (primary N) is 1. The van der Waals surface area contributed by atoms with Crippen LogP contribution < -0.4 is 11.3 Å². The maximum atomic E-state index is 13.1. The average Bonchev–Trinajstić information content (AvgIpc) is 2.67. The van der Waals surface area contributed by atoms with Gasteiger partial charge in [-0.25, -0.2) is 4.39 Å². The topological polar surface area (TPSA) is 38.0 Å². The van der Waals surface area contributed by atoms with E-state index >= 15 is 0 Å². The second kappa shape index (κ2) is 5.80. The van der Waals surface area contributed by atoms with E-state index in [1.807, 2.05) is 18.4 Å². The van der Waals surface area contributed by atoms with Crippen LogP contribution in [0.5, 0.6) is 0 Å². The van der Waals surface area contributed by atoms with Gasteiger partial charge >= 0.3 is 0 Å². The smallest absolute Gasteiger partial charge is 0.123 e. The molecule has 0 aliphatic heterocycles. The van der Waals surface area contributed by atoms with Gasteiger partial charge in [-0.3, -0.25) is 11.3 Å². The normalized spacial score (nSPS) is 12.7. The van der Waals surface area contributed by atoms with Crippen LogP contribution in [0, 0.1) is 12.7 Å². The molecular weight excluding hydrogens is 271 g/mol. The molecule has 96 valence electrons. The van der Waals surface area contributed by atoms with Gasteiger partial charge in [-0.15, -0.1) is 11.3 Å². The fourth-order valence-electron chi connectivity index (χ4n) is 1.81. The first-order valence-electron chi connectivity index (χ1n) is 5.56. The third kappa shape index (κ3) is 2.90. The van der Waals surface area contributed by atoms with Crippen molar-refractivity contribution in [1.29, 1.82) is 0 Å². The standard InChI is InChI=1S/C13H14ClFN2S/c1-8-7-18-13(12(8)14)11(17-16)6-9-3-2-4-10(15)5-9/h2-5,7,11,17H,6,16H2,1H3. The summed E-state index contributed by atoms with van der Waals surface area (Å²) in [6.07, 6.45) is 0.605. The first-order chi connectivity index (χ1) is 8.61. The molecular formula is C13H14ClFN2S. The minimum absolute atomic E-state index is 0.0991. The Morgan fingerprint density at radius 1 is 1.50 bits per heavy atom. The van der Waals surface area contributed by atoms with Crippen molar-refractivity contribution < 1.29 is 4.39 Å². The van der Waals surface area contributed by atoms with Crippen LogP contribution in [0.4, 0.5) is 4.39 Å². The van der Waals surface area contributed by atoms with Gasteiger partial charge in [0.25, 0.3) is 0 Å². The van der Waals surface area contributed by atoms with Gasteiger partial charge in [0.2, 0.25) is 0 Å². The highest BCUT2D eigenvalue weighted by molar-refractivity contribution is 7.10. The monoisotopic (exact) mass is 284 g/mol. The van der Waals surface area contributed by atoms with Crippen LogP contribution in [-0.2, 0) is 6.42 Å². The van der Waals surface area contributed by atoms with E-state index in [4.69, 9.17) is 17.4 Å². The predicted molar refractivity (Wildman–Crippen MR) is 74.2 cm³/mol. The van der Waals surface area contributed by atoms with Crippen LogP contribution in [0.15, 0.2) is 29.6 Å². The Kier molecular flexibility index (Phi) is 4.35. The lowest BCUT2D eigenvalue weighted by molar-refractivity contribution is 0.556. The van der Waals surface area contributed by atoms with E-state index in [1.165, 1.54) is 12.1 Å². The number of hydrazine groups is 1. The molecule has 3 N–H and O–H groups in total. The molecule has 0 saturated carbocycles. The maximum Gasteiger partial charge on any atom is 0.123 e. The lowest BCUT2D eigenvalue weighted by Crippen LogP contribution is -2.29. The Bertz CT molecular complexity index is 542. The first-order valence-corrected chi connectivity index (χ1v) is 6.81. The van der Waals surface area contributed by atoms with Crippen molar-refractivity contribution >= 4 is 22.9 Å². The predicted octanol–water partition coefficient (Wildman–Crippen LogP) is 3.60. The number of aryl methyl sites for hydroxylation is 1. The van der Waals surface area contributed by atoms with Crippen LogP contribution in [0.1, 0.15) is 22.0 Å². The van der Waals surface area contributed by atoms with E-state index in [0.717, 1.165) is 21.0 Å². The molecule has 2 nitrogen and oxygen atoms in total. The summed E-state index contributed by atoms with van der Waals surface area (Å²) in [5.74, 6) is 5.33. The molecule has 0 saturated heterocycles. The van der Waals surface area contributed by atoms with Gasteiger partial charge in [-0.2, -0.15) is 0 Å². The molecule has 1 heterocycles. The van der Waals surface area contributed by atoms with E-state index in [0.29, 0.717) is 6.42 Å². The third-order valence-corrected chi connectivity index (χ3v) is 4.60. The van der Waals surface area contributed by atoms with Crippen molar-refractivity contribution in [3.63, 3.8) is 0 Å². The van der Waals surface area contributed by atoms with Gasteiger partial charge in [0.05, 0.1) is 11.1 Å². The van der Waals surface area contributed by atoms with Gasteiger partial charge in [0, 0.05) is 4.88 Å². The van der Waals surface area contributed by atoms with E-state index in [-0.39, 0.29) is 11.9 Å². The van der Waals surface area contributed by atoms with Crippen LogP contribution >= 0.6 is 22.9 Å². The lowest BCUT2D eigenvalue weighted by Gasteiger charge is -2.15.